The molecule has 0 spiro atoms. The first-order chi connectivity index (χ1) is 9.20. The number of benzene rings is 2. The van der Waals surface area contributed by atoms with Crippen LogP contribution < -0.4 is 5.32 Å². The molecule has 0 radical (unpaired) electrons. The van der Waals surface area contributed by atoms with Crippen molar-refractivity contribution in [2.45, 2.75) is 6.92 Å². The highest BCUT2D eigenvalue weighted by Crippen LogP contribution is 2.16. The van der Waals surface area contributed by atoms with Crippen LogP contribution in [0.1, 0.15) is 21.5 Å². The molecule has 2 aromatic rings. The molecule has 0 bridgehead atoms. The minimum Gasteiger partial charge on any atom is -0.388 e. The third-order valence-electron chi connectivity index (χ3n) is 2.97. The maximum absolute atomic E-state index is 12.1. The van der Waals surface area contributed by atoms with Crippen LogP contribution in [0.3, 0.4) is 0 Å². The highest BCUT2D eigenvalue weighted by molar-refractivity contribution is 6.10. The molecule has 0 atom stereocenters. The number of carbonyl (C=O) groups excluding carboxylic acids is 1. The number of anilines is 1. The molecule has 0 heterocycles. The normalized spacial score (nSPS) is 10.6. The zero-order chi connectivity index (χ0) is 13.7. The van der Waals surface area contributed by atoms with Crippen molar-refractivity contribution in [3.63, 3.8) is 0 Å². The van der Waals surface area contributed by atoms with E-state index in [0.29, 0.717) is 5.56 Å². The van der Waals surface area contributed by atoms with Crippen LogP contribution in [0.5, 0.6) is 0 Å². The highest BCUT2D eigenvalue weighted by Gasteiger charge is 2.06. The fourth-order valence-electron chi connectivity index (χ4n) is 1.86. The second-order valence-electron chi connectivity index (χ2n) is 4.40. The first kappa shape index (κ1) is 13.1. The lowest BCUT2D eigenvalue weighted by molar-refractivity contribution is 0.104. The van der Waals surface area contributed by atoms with Crippen LogP contribution in [0.4, 0.5) is 5.69 Å². The Labute approximate surface area is 113 Å². The van der Waals surface area contributed by atoms with E-state index in [2.05, 4.69) is 5.32 Å². The standard InChI is InChI=1S/C17H17NO/c1-13-7-9-14(10-8-13)11-12-17(19)15-5-3-4-6-16(15)18-2/h3-12,18H,1-2H3/b12-11+. The van der Waals surface area contributed by atoms with Gasteiger partial charge in [-0.3, -0.25) is 4.79 Å². The summed E-state index contributed by atoms with van der Waals surface area (Å²) in [6.45, 7) is 2.04. The average Bonchev–Trinajstić information content (AvgIpc) is 2.46. The molecule has 2 rings (SSSR count). The van der Waals surface area contributed by atoms with E-state index < -0.39 is 0 Å². The summed E-state index contributed by atoms with van der Waals surface area (Å²) in [6.07, 6.45) is 3.45. The number of nitrogens with one attached hydrogen (secondary N) is 1. The van der Waals surface area contributed by atoms with Gasteiger partial charge < -0.3 is 5.32 Å². The second kappa shape index (κ2) is 6.01. The summed E-state index contributed by atoms with van der Waals surface area (Å²) in [4.78, 5) is 12.1. The maximum Gasteiger partial charge on any atom is 0.187 e. The minimum absolute atomic E-state index is 0.00512. The van der Waals surface area contributed by atoms with Crippen LogP contribution >= 0.6 is 0 Å². The number of rotatable bonds is 4. The Kier molecular flexibility index (Phi) is 4.14. The zero-order valence-corrected chi connectivity index (χ0v) is 11.2. The Morgan fingerprint density at radius 3 is 2.42 bits per heavy atom. The van der Waals surface area contributed by atoms with Gasteiger partial charge >= 0.3 is 0 Å². The Balaban J connectivity index is 2.19. The largest absolute Gasteiger partial charge is 0.388 e. The Morgan fingerprint density at radius 1 is 1.05 bits per heavy atom. The number of allylic oxidation sites excluding steroid dienone is 1. The smallest absolute Gasteiger partial charge is 0.187 e. The van der Waals surface area contributed by atoms with Gasteiger partial charge in [0.1, 0.15) is 0 Å². The van der Waals surface area contributed by atoms with Crippen molar-refractivity contribution in [1.29, 1.82) is 0 Å². The van der Waals surface area contributed by atoms with Gasteiger partial charge in [-0.2, -0.15) is 0 Å². The summed E-state index contributed by atoms with van der Waals surface area (Å²) >= 11 is 0. The van der Waals surface area contributed by atoms with Gasteiger partial charge in [0.2, 0.25) is 0 Å². The van der Waals surface area contributed by atoms with Crippen molar-refractivity contribution in [1.82, 2.24) is 0 Å². The van der Waals surface area contributed by atoms with Crippen molar-refractivity contribution in [3.8, 4) is 0 Å². The van der Waals surface area contributed by atoms with Gasteiger partial charge in [0.15, 0.2) is 5.78 Å². The van der Waals surface area contributed by atoms with Gasteiger partial charge in [-0.1, -0.05) is 48.0 Å². The lowest BCUT2D eigenvalue weighted by Crippen LogP contribution is -2.00. The van der Waals surface area contributed by atoms with E-state index >= 15 is 0 Å². The van der Waals surface area contributed by atoms with E-state index in [1.54, 1.807) is 6.08 Å². The molecule has 0 aliphatic heterocycles. The molecule has 1 N–H and O–H groups in total. The van der Waals surface area contributed by atoms with E-state index in [9.17, 15) is 4.79 Å². The van der Waals surface area contributed by atoms with Crippen LogP contribution in [-0.2, 0) is 0 Å². The predicted molar refractivity (Wildman–Crippen MR) is 80.5 cm³/mol. The van der Waals surface area contributed by atoms with Gasteiger partial charge in [0.25, 0.3) is 0 Å². The first-order valence-electron chi connectivity index (χ1n) is 6.26. The molecular formula is C17H17NO. The number of ketones is 1. The summed E-state index contributed by atoms with van der Waals surface area (Å²) < 4.78 is 0. The summed E-state index contributed by atoms with van der Waals surface area (Å²) in [6, 6.07) is 15.6. The van der Waals surface area contributed by atoms with E-state index in [4.69, 9.17) is 0 Å². The predicted octanol–water partition coefficient (Wildman–Crippen LogP) is 3.93. The number of hydrogen-bond donors (Lipinski definition) is 1. The molecule has 2 aromatic carbocycles. The maximum atomic E-state index is 12.1. The molecule has 2 nitrogen and oxygen atoms in total. The highest BCUT2D eigenvalue weighted by atomic mass is 16.1. The summed E-state index contributed by atoms with van der Waals surface area (Å²) in [5, 5.41) is 3.03. The number of aryl methyl sites for hydroxylation is 1. The zero-order valence-electron chi connectivity index (χ0n) is 11.2. The van der Waals surface area contributed by atoms with E-state index in [1.807, 2.05) is 68.6 Å². The van der Waals surface area contributed by atoms with Crippen LogP contribution in [0.15, 0.2) is 54.6 Å². The van der Waals surface area contributed by atoms with Crippen LogP contribution in [0, 0.1) is 6.92 Å². The molecule has 96 valence electrons. The van der Waals surface area contributed by atoms with Crippen molar-refractivity contribution in [3.05, 3.63) is 71.3 Å². The summed E-state index contributed by atoms with van der Waals surface area (Å²) in [5.74, 6) is 0.00512. The van der Waals surface area contributed by atoms with Crippen molar-refractivity contribution < 1.29 is 4.79 Å². The molecule has 2 heteroatoms. The molecule has 0 aromatic heterocycles. The number of hydrogen-bond acceptors (Lipinski definition) is 2. The first-order valence-corrected chi connectivity index (χ1v) is 6.26. The lowest BCUT2D eigenvalue weighted by atomic mass is 10.1. The molecule has 0 fully saturated rings. The fourth-order valence-corrected chi connectivity index (χ4v) is 1.86. The van der Waals surface area contributed by atoms with Crippen LogP contribution in [-0.4, -0.2) is 12.8 Å². The molecule has 19 heavy (non-hydrogen) atoms. The SMILES string of the molecule is CNc1ccccc1C(=O)/C=C/c1ccc(C)cc1. The van der Waals surface area contributed by atoms with Gasteiger partial charge in [-0.25, -0.2) is 0 Å². The molecule has 0 aliphatic carbocycles. The third-order valence-corrected chi connectivity index (χ3v) is 2.97. The minimum atomic E-state index is 0.00512. The second-order valence-corrected chi connectivity index (χ2v) is 4.40. The number of carbonyl (C=O) groups is 1. The molecule has 0 saturated heterocycles. The summed E-state index contributed by atoms with van der Waals surface area (Å²) in [5.41, 5.74) is 3.78. The summed E-state index contributed by atoms with van der Waals surface area (Å²) in [7, 11) is 1.82. The van der Waals surface area contributed by atoms with E-state index in [0.717, 1.165) is 11.3 Å². The van der Waals surface area contributed by atoms with Crippen LogP contribution in [0.25, 0.3) is 6.08 Å². The van der Waals surface area contributed by atoms with Gasteiger partial charge in [-0.15, -0.1) is 0 Å². The molecule has 0 unspecified atom stereocenters. The molecule has 0 saturated carbocycles. The molecular weight excluding hydrogens is 234 g/mol. The topological polar surface area (TPSA) is 29.1 Å². The van der Waals surface area contributed by atoms with Gasteiger partial charge in [-0.05, 0) is 30.7 Å². The van der Waals surface area contributed by atoms with Gasteiger partial charge in [0, 0.05) is 18.3 Å². The van der Waals surface area contributed by atoms with Gasteiger partial charge in [0.05, 0.1) is 0 Å². The van der Waals surface area contributed by atoms with E-state index in [1.165, 1.54) is 5.56 Å². The fraction of sp³-hybridized carbons (Fsp3) is 0.118. The Morgan fingerprint density at radius 2 is 1.74 bits per heavy atom. The van der Waals surface area contributed by atoms with Crippen molar-refractivity contribution in [2.75, 3.05) is 12.4 Å². The Bertz CT molecular complexity index is 597. The van der Waals surface area contributed by atoms with Crippen molar-refractivity contribution in [2.24, 2.45) is 0 Å². The third kappa shape index (κ3) is 3.32. The van der Waals surface area contributed by atoms with Crippen LogP contribution in [0.2, 0.25) is 0 Å². The van der Waals surface area contributed by atoms with E-state index in [-0.39, 0.29) is 5.78 Å². The number of para-hydroxylation sites is 1. The lowest BCUT2D eigenvalue weighted by Gasteiger charge is -2.05. The quantitative estimate of drug-likeness (QED) is 0.659. The van der Waals surface area contributed by atoms with Crippen molar-refractivity contribution >= 4 is 17.5 Å². The average molecular weight is 251 g/mol. The Hall–Kier alpha value is -2.35. The molecule has 0 amide bonds. The monoisotopic (exact) mass is 251 g/mol. The molecule has 0 aliphatic rings.